The summed E-state index contributed by atoms with van der Waals surface area (Å²) >= 11 is 0. The number of aliphatic imine (C=N–C) groups is 1. The maximum absolute atomic E-state index is 11.7. The number of hydrogen-bond donors (Lipinski definition) is 0. The Bertz CT molecular complexity index is 473. The van der Waals surface area contributed by atoms with Crippen LogP contribution in [0.15, 0.2) is 58.7 Å². The maximum atomic E-state index is 11.7. The van der Waals surface area contributed by atoms with Gasteiger partial charge in [-0.3, -0.25) is 4.99 Å². The zero-order chi connectivity index (χ0) is 13.4. The number of benzene rings is 1. The quantitative estimate of drug-likeness (QED) is 0.344. The molecule has 1 aromatic rings. The van der Waals surface area contributed by atoms with E-state index in [4.69, 9.17) is 4.74 Å². The van der Waals surface area contributed by atoms with Gasteiger partial charge in [0.25, 0.3) is 0 Å². The molecule has 0 spiro atoms. The van der Waals surface area contributed by atoms with Gasteiger partial charge in [-0.15, -0.1) is 0 Å². The average molecular weight is 243 g/mol. The van der Waals surface area contributed by atoms with Crippen molar-refractivity contribution < 1.29 is 9.53 Å². The first-order valence-electron chi connectivity index (χ1n) is 5.66. The van der Waals surface area contributed by atoms with E-state index in [0.717, 1.165) is 11.3 Å². The van der Waals surface area contributed by atoms with Crippen LogP contribution in [0, 0.1) is 0 Å². The molecule has 0 fully saturated rings. The summed E-state index contributed by atoms with van der Waals surface area (Å²) < 4.78 is 5.17. The predicted octanol–water partition coefficient (Wildman–Crippen LogP) is 3.28. The van der Waals surface area contributed by atoms with Gasteiger partial charge >= 0.3 is 5.97 Å². The van der Waals surface area contributed by atoms with Crippen LogP contribution in [0.2, 0.25) is 0 Å². The minimum atomic E-state index is -0.327. The number of rotatable bonds is 5. The fraction of sp³-hybridized carbons (Fsp3) is 0.200. The van der Waals surface area contributed by atoms with E-state index in [0.29, 0.717) is 5.57 Å². The highest BCUT2D eigenvalue weighted by molar-refractivity contribution is 5.88. The van der Waals surface area contributed by atoms with Crippen molar-refractivity contribution in [2.45, 2.75) is 20.5 Å². The number of carbonyl (C=O) groups is 1. The van der Waals surface area contributed by atoms with E-state index in [-0.39, 0.29) is 12.6 Å². The second-order valence-electron chi connectivity index (χ2n) is 3.88. The van der Waals surface area contributed by atoms with Gasteiger partial charge in [-0.25, -0.2) is 4.79 Å². The first kappa shape index (κ1) is 13.9. The lowest BCUT2D eigenvalue weighted by Gasteiger charge is -2.04. The molecule has 1 rings (SSSR count). The van der Waals surface area contributed by atoms with Crippen LogP contribution in [-0.4, -0.2) is 12.7 Å². The van der Waals surface area contributed by atoms with Crippen LogP contribution >= 0.6 is 0 Å². The summed E-state index contributed by atoms with van der Waals surface area (Å²) in [5.41, 5.74) is 2.26. The van der Waals surface area contributed by atoms with Crippen molar-refractivity contribution in [3.63, 3.8) is 0 Å². The third-order valence-electron chi connectivity index (χ3n) is 2.36. The predicted molar refractivity (Wildman–Crippen MR) is 73.3 cm³/mol. The second-order valence-corrected chi connectivity index (χ2v) is 3.88. The topological polar surface area (TPSA) is 38.7 Å². The first-order chi connectivity index (χ1) is 8.63. The molecule has 1 aromatic carbocycles. The van der Waals surface area contributed by atoms with Crippen LogP contribution in [0.1, 0.15) is 19.4 Å². The van der Waals surface area contributed by atoms with Crippen molar-refractivity contribution in [3.05, 3.63) is 59.3 Å². The number of ether oxygens (including phenoxy) is 1. The number of nitrogens with zero attached hydrogens (tertiary/aromatic N) is 1. The van der Waals surface area contributed by atoms with Gasteiger partial charge in [0.05, 0.1) is 0 Å². The van der Waals surface area contributed by atoms with Crippen molar-refractivity contribution >= 4 is 12.7 Å². The summed E-state index contributed by atoms with van der Waals surface area (Å²) in [6, 6.07) is 9.57. The number of hydrogen-bond acceptors (Lipinski definition) is 3. The highest BCUT2D eigenvalue weighted by Gasteiger charge is 2.04. The third kappa shape index (κ3) is 4.78. The molecule has 0 amide bonds. The Hall–Kier alpha value is -2.16. The van der Waals surface area contributed by atoms with Crippen molar-refractivity contribution in [2.75, 3.05) is 0 Å². The Morgan fingerprint density at radius 3 is 2.56 bits per heavy atom. The minimum absolute atomic E-state index is 0.285. The van der Waals surface area contributed by atoms with E-state index in [1.807, 2.05) is 37.3 Å². The first-order valence-corrected chi connectivity index (χ1v) is 5.66. The zero-order valence-electron chi connectivity index (χ0n) is 10.7. The van der Waals surface area contributed by atoms with Gasteiger partial charge < -0.3 is 4.74 Å². The molecule has 3 nitrogen and oxygen atoms in total. The average Bonchev–Trinajstić information content (AvgIpc) is 2.42. The summed E-state index contributed by atoms with van der Waals surface area (Å²) in [5, 5.41) is 0. The molecule has 0 aliphatic carbocycles. The largest absolute Gasteiger partial charge is 0.457 e. The van der Waals surface area contributed by atoms with E-state index < -0.39 is 0 Å². The molecule has 0 aromatic heterocycles. The Morgan fingerprint density at radius 1 is 1.28 bits per heavy atom. The minimum Gasteiger partial charge on any atom is -0.457 e. The third-order valence-corrected chi connectivity index (χ3v) is 2.36. The highest BCUT2D eigenvalue weighted by atomic mass is 16.5. The Morgan fingerprint density at radius 2 is 1.94 bits per heavy atom. The second kappa shape index (κ2) is 7.22. The van der Waals surface area contributed by atoms with E-state index in [9.17, 15) is 4.79 Å². The molecule has 3 heteroatoms. The molecule has 0 atom stereocenters. The molecule has 0 saturated heterocycles. The summed E-state index contributed by atoms with van der Waals surface area (Å²) in [6.45, 7) is 7.20. The van der Waals surface area contributed by atoms with Crippen LogP contribution < -0.4 is 0 Å². The molecule has 0 saturated carbocycles. The molecule has 0 unspecified atom stereocenters. The van der Waals surface area contributed by atoms with E-state index in [2.05, 4.69) is 11.7 Å². The summed E-state index contributed by atoms with van der Waals surface area (Å²) in [7, 11) is 0. The lowest BCUT2D eigenvalue weighted by molar-refractivity contribution is -0.140. The van der Waals surface area contributed by atoms with Crippen molar-refractivity contribution in [1.82, 2.24) is 0 Å². The Kier molecular flexibility index (Phi) is 5.58. The normalized spacial score (nSPS) is 12.1. The fourth-order valence-corrected chi connectivity index (χ4v) is 1.20. The molecule has 0 aliphatic heterocycles. The van der Waals surface area contributed by atoms with Gasteiger partial charge in [0.1, 0.15) is 6.61 Å². The Balaban J connectivity index is 2.53. The van der Waals surface area contributed by atoms with Gasteiger partial charge in [-0.05, 0) is 32.2 Å². The SMILES string of the molecule is C=N/C(C)=C\C=C(/C)C(=O)OCc1ccccc1. The Labute approximate surface area is 108 Å². The molecule has 0 aliphatic rings. The molecule has 0 bridgehead atoms. The lowest BCUT2D eigenvalue weighted by atomic mass is 10.2. The van der Waals surface area contributed by atoms with Crippen LogP contribution in [0.25, 0.3) is 0 Å². The smallest absolute Gasteiger partial charge is 0.334 e. The van der Waals surface area contributed by atoms with E-state index in [1.54, 1.807) is 19.1 Å². The lowest BCUT2D eigenvalue weighted by Crippen LogP contribution is -2.05. The number of allylic oxidation sites excluding steroid dienone is 3. The monoisotopic (exact) mass is 243 g/mol. The van der Waals surface area contributed by atoms with Crippen LogP contribution in [-0.2, 0) is 16.1 Å². The number of esters is 1. The molecular weight excluding hydrogens is 226 g/mol. The summed E-state index contributed by atoms with van der Waals surface area (Å²) in [4.78, 5) is 15.4. The van der Waals surface area contributed by atoms with Gasteiger partial charge in [0.2, 0.25) is 0 Å². The van der Waals surface area contributed by atoms with Crippen LogP contribution in [0.5, 0.6) is 0 Å². The van der Waals surface area contributed by atoms with Gasteiger partial charge in [0, 0.05) is 11.3 Å². The van der Waals surface area contributed by atoms with Crippen molar-refractivity contribution in [3.8, 4) is 0 Å². The maximum Gasteiger partial charge on any atom is 0.334 e. The van der Waals surface area contributed by atoms with Crippen LogP contribution in [0.4, 0.5) is 0 Å². The molecule has 94 valence electrons. The van der Waals surface area contributed by atoms with Crippen molar-refractivity contribution in [2.24, 2.45) is 4.99 Å². The molecule has 0 radical (unpaired) electrons. The summed E-state index contributed by atoms with van der Waals surface area (Å²) in [6.07, 6.45) is 3.41. The number of carbonyl (C=O) groups excluding carboxylic acids is 1. The molecular formula is C15H17NO2. The molecule has 0 heterocycles. The van der Waals surface area contributed by atoms with Crippen LogP contribution in [0.3, 0.4) is 0 Å². The van der Waals surface area contributed by atoms with Gasteiger partial charge in [-0.2, -0.15) is 0 Å². The van der Waals surface area contributed by atoms with Gasteiger partial charge in [-0.1, -0.05) is 36.4 Å². The zero-order valence-corrected chi connectivity index (χ0v) is 10.7. The highest BCUT2D eigenvalue weighted by Crippen LogP contribution is 2.05. The fourth-order valence-electron chi connectivity index (χ4n) is 1.20. The molecule has 18 heavy (non-hydrogen) atoms. The summed E-state index contributed by atoms with van der Waals surface area (Å²) in [5.74, 6) is -0.327. The van der Waals surface area contributed by atoms with E-state index in [1.165, 1.54) is 0 Å². The van der Waals surface area contributed by atoms with Crippen molar-refractivity contribution in [1.29, 1.82) is 0 Å². The molecule has 0 N–H and O–H groups in total. The van der Waals surface area contributed by atoms with Gasteiger partial charge in [0.15, 0.2) is 0 Å². The van der Waals surface area contributed by atoms with E-state index >= 15 is 0 Å². The standard InChI is InChI=1S/C15H17NO2/c1-12(9-10-13(2)16-3)15(17)18-11-14-7-5-4-6-8-14/h4-10H,3,11H2,1-2H3/b12-9+,13-10-.